The van der Waals surface area contributed by atoms with Crippen LogP contribution in [0.2, 0.25) is 0 Å². The summed E-state index contributed by atoms with van der Waals surface area (Å²) in [5.41, 5.74) is -0.145. The highest BCUT2D eigenvalue weighted by molar-refractivity contribution is 5.70. The van der Waals surface area contributed by atoms with E-state index < -0.39 is 24.0 Å². The van der Waals surface area contributed by atoms with Gasteiger partial charge >= 0.3 is 0 Å². The summed E-state index contributed by atoms with van der Waals surface area (Å²) in [7, 11) is 0. The summed E-state index contributed by atoms with van der Waals surface area (Å²) in [6.07, 6.45) is 4.03. The van der Waals surface area contributed by atoms with E-state index in [0.717, 1.165) is 38.8 Å². The Kier molecular flexibility index (Phi) is 7.29. The van der Waals surface area contributed by atoms with Crippen molar-refractivity contribution in [1.82, 2.24) is 29.9 Å². The van der Waals surface area contributed by atoms with Gasteiger partial charge in [-0.05, 0) is 12.8 Å². The lowest BCUT2D eigenvalue weighted by Gasteiger charge is -2.18. The first-order valence-electron chi connectivity index (χ1n) is 10.1. The molecule has 2 aromatic heterocycles. The van der Waals surface area contributed by atoms with Crippen LogP contribution in [0.25, 0.3) is 11.2 Å². The molecular weight excluding hydrogens is 378 g/mol. The number of aliphatic hydroxyl groups is 2. The number of aromatic amines is 1. The van der Waals surface area contributed by atoms with Gasteiger partial charge in [0.2, 0.25) is 5.95 Å². The van der Waals surface area contributed by atoms with E-state index in [1.54, 1.807) is 6.34 Å². The molecule has 3 heterocycles. The minimum atomic E-state index is -0.825. The first-order valence-corrected chi connectivity index (χ1v) is 10.1. The predicted octanol–water partition coefficient (Wildman–Crippen LogP) is 0.717. The maximum atomic E-state index is 12.4. The van der Waals surface area contributed by atoms with E-state index in [4.69, 9.17) is 4.74 Å². The standard InChI is InChI=1S/C18H29N7O4/c1-3-5-7-24(8-6-4-2)11-19-18-20-16-15(17(28)21-18)22-23-25(16)14-9-12(27)13(10-26)29-14/h11-14,26-27H,3-10H2,1-2H3,(H,20,21,28)/b19-11+/t12-,13+,14+/m0/s1. The van der Waals surface area contributed by atoms with Crippen molar-refractivity contribution in [2.45, 2.75) is 64.4 Å². The maximum absolute atomic E-state index is 12.4. The smallest absolute Gasteiger partial charge is 0.282 e. The third-order valence-corrected chi connectivity index (χ3v) is 4.92. The largest absolute Gasteiger partial charge is 0.394 e. The Hall–Kier alpha value is -2.37. The van der Waals surface area contributed by atoms with Crippen LogP contribution in [0.1, 0.15) is 52.2 Å². The van der Waals surface area contributed by atoms with Gasteiger partial charge in [-0.3, -0.25) is 9.78 Å². The number of hydrogen-bond donors (Lipinski definition) is 3. The van der Waals surface area contributed by atoms with E-state index in [-0.39, 0.29) is 30.1 Å². The number of ether oxygens (including phenoxy) is 1. The molecule has 1 aliphatic rings. The highest BCUT2D eigenvalue weighted by Crippen LogP contribution is 2.29. The molecule has 1 aliphatic heterocycles. The topological polar surface area (TPSA) is 142 Å². The number of aliphatic hydroxyl groups excluding tert-OH is 2. The van der Waals surface area contributed by atoms with Gasteiger partial charge in [-0.1, -0.05) is 31.9 Å². The summed E-state index contributed by atoms with van der Waals surface area (Å²) >= 11 is 0. The van der Waals surface area contributed by atoms with Gasteiger partial charge in [0.25, 0.3) is 5.56 Å². The predicted molar refractivity (Wildman–Crippen MR) is 107 cm³/mol. The van der Waals surface area contributed by atoms with E-state index in [2.05, 4.69) is 44.0 Å². The monoisotopic (exact) mass is 407 g/mol. The van der Waals surface area contributed by atoms with Crippen molar-refractivity contribution in [2.24, 2.45) is 4.99 Å². The van der Waals surface area contributed by atoms with Crippen LogP contribution in [0.5, 0.6) is 0 Å². The van der Waals surface area contributed by atoms with Crippen molar-refractivity contribution < 1.29 is 14.9 Å². The molecule has 0 aromatic carbocycles. The molecule has 29 heavy (non-hydrogen) atoms. The van der Waals surface area contributed by atoms with Crippen molar-refractivity contribution in [3.05, 3.63) is 10.4 Å². The minimum Gasteiger partial charge on any atom is -0.394 e. The average molecular weight is 407 g/mol. The first-order chi connectivity index (χ1) is 14.1. The third-order valence-electron chi connectivity index (χ3n) is 4.92. The van der Waals surface area contributed by atoms with Crippen LogP contribution < -0.4 is 5.56 Å². The fourth-order valence-corrected chi connectivity index (χ4v) is 3.20. The highest BCUT2D eigenvalue weighted by Gasteiger charge is 2.36. The quantitative estimate of drug-likeness (QED) is 0.386. The normalized spacial score (nSPS) is 22.1. The van der Waals surface area contributed by atoms with Crippen LogP contribution in [0.15, 0.2) is 9.79 Å². The molecule has 0 bridgehead atoms. The number of aromatic nitrogens is 5. The molecule has 0 spiro atoms. The average Bonchev–Trinajstić information content (AvgIpc) is 3.30. The molecule has 0 saturated carbocycles. The zero-order valence-corrected chi connectivity index (χ0v) is 16.9. The van der Waals surface area contributed by atoms with E-state index in [0.29, 0.717) is 0 Å². The molecule has 1 saturated heterocycles. The Morgan fingerprint density at radius 2 is 2.07 bits per heavy atom. The van der Waals surface area contributed by atoms with E-state index >= 15 is 0 Å². The van der Waals surface area contributed by atoms with Gasteiger partial charge in [0.05, 0.1) is 19.0 Å². The van der Waals surface area contributed by atoms with Crippen LogP contribution in [-0.4, -0.2) is 78.3 Å². The Labute approximate surface area is 168 Å². The number of nitrogens with one attached hydrogen (secondary N) is 1. The molecule has 3 atom stereocenters. The lowest BCUT2D eigenvalue weighted by molar-refractivity contribution is -0.0476. The van der Waals surface area contributed by atoms with Crippen molar-refractivity contribution in [1.29, 1.82) is 0 Å². The number of rotatable bonds is 10. The van der Waals surface area contributed by atoms with Crippen LogP contribution >= 0.6 is 0 Å². The van der Waals surface area contributed by atoms with Gasteiger partial charge in [0, 0.05) is 19.5 Å². The highest BCUT2D eigenvalue weighted by atomic mass is 16.5. The molecule has 0 aliphatic carbocycles. The second-order valence-electron chi connectivity index (χ2n) is 7.20. The van der Waals surface area contributed by atoms with Crippen molar-refractivity contribution in [3.8, 4) is 0 Å². The molecule has 0 radical (unpaired) electrons. The van der Waals surface area contributed by atoms with E-state index in [9.17, 15) is 15.0 Å². The van der Waals surface area contributed by atoms with Gasteiger partial charge in [0.1, 0.15) is 6.10 Å². The van der Waals surface area contributed by atoms with Gasteiger partial charge in [-0.25, -0.2) is 4.99 Å². The molecule has 11 heteroatoms. The Morgan fingerprint density at radius 1 is 1.34 bits per heavy atom. The number of nitrogens with zero attached hydrogens (tertiary/aromatic N) is 6. The number of H-pyrrole nitrogens is 1. The van der Waals surface area contributed by atoms with Crippen LogP contribution in [-0.2, 0) is 4.74 Å². The fraction of sp³-hybridized carbons (Fsp3) is 0.722. The van der Waals surface area contributed by atoms with E-state index in [1.807, 2.05) is 0 Å². The summed E-state index contributed by atoms with van der Waals surface area (Å²) in [5.74, 6) is 0.154. The summed E-state index contributed by atoms with van der Waals surface area (Å²) in [5, 5.41) is 27.1. The van der Waals surface area contributed by atoms with Crippen LogP contribution in [0, 0.1) is 0 Å². The lowest BCUT2D eigenvalue weighted by Crippen LogP contribution is -2.24. The Morgan fingerprint density at radius 3 is 2.69 bits per heavy atom. The SMILES string of the molecule is CCCCN(/C=N/c1nc2c(nnn2[C@H]2C[C@H](O)[C@@H](CO)O2)c(=O)[nH]1)CCCC. The summed E-state index contributed by atoms with van der Waals surface area (Å²) in [6, 6.07) is 0. The van der Waals surface area contributed by atoms with Crippen molar-refractivity contribution in [3.63, 3.8) is 0 Å². The number of unbranched alkanes of at least 4 members (excludes halogenated alkanes) is 2. The second-order valence-corrected chi connectivity index (χ2v) is 7.20. The zero-order chi connectivity index (χ0) is 20.8. The van der Waals surface area contributed by atoms with Gasteiger partial charge in [0.15, 0.2) is 17.4 Å². The number of aliphatic imine (C=N–C) groups is 1. The first kappa shape index (κ1) is 21.3. The lowest BCUT2D eigenvalue weighted by atomic mass is 10.2. The fourth-order valence-electron chi connectivity index (χ4n) is 3.20. The molecule has 160 valence electrons. The molecule has 3 rings (SSSR count). The summed E-state index contributed by atoms with van der Waals surface area (Å²) < 4.78 is 6.96. The molecule has 1 fully saturated rings. The number of hydrogen-bond acceptors (Lipinski definition) is 8. The summed E-state index contributed by atoms with van der Waals surface area (Å²) in [4.78, 5) is 25.8. The van der Waals surface area contributed by atoms with Crippen LogP contribution in [0.4, 0.5) is 5.95 Å². The molecule has 0 unspecified atom stereocenters. The molecule has 2 aromatic rings. The second kappa shape index (κ2) is 9.90. The summed E-state index contributed by atoms with van der Waals surface area (Å²) in [6.45, 7) is 5.75. The Balaban J connectivity index is 1.85. The zero-order valence-electron chi connectivity index (χ0n) is 16.9. The minimum absolute atomic E-state index is 0.0725. The molecule has 0 amide bonds. The van der Waals surface area contributed by atoms with Gasteiger partial charge < -0.3 is 19.8 Å². The molecule has 3 N–H and O–H groups in total. The van der Waals surface area contributed by atoms with Crippen LogP contribution in [0.3, 0.4) is 0 Å². The Bertz CT molecular complexity index is 873. The molecular formula is C18H29N7O4. The van der Waals surface area contributed by atoms with Crippen molar-refractivity contribution in [2.75, 3.05) is 19.7 Å². The van der Waals surface area contributed by atoms with Gasteiger partial charge in [-0.2, -0.15) is 9.67 Å². The maximum Gasteiger partial charge on any atom is 0.282 e. The third kappa shape index (κ3) is 4.98. The van der Waals surface area contributed by atoms with Gasteiger partial charge in [-0.15, -0.1) is 5.10 Å². The number of fused-ring (bicyclic) bond motifs is 1. The van der Waals surface area contributed by atoms with Crippen molar-refractivity contribution >= 4 is 23.5 Å². The van der Waals surface area contributed by atoms with E-state index in [1.165, 1.54) is 4.68 Å². The molecule has 11 nitrogen and oxygen atoms in total.